The Morgan fingerprint density at radius 1 is 1.00 bits per heavy atom. The first-order chi connectivity index (χ1) is 27.5. The van der Waals surface area contributed by atoms with Gasteiger partial charge in [-0.2, -0.15) is 0 Å². The summed E-state index contributed by atoms with van der Waals surface area (Å²) in [6.07, 6.45) is 13.3. The molecule has 5 N–H and O–H groups in total. The molecule has 1 unspecified atom stereocenters. The van der Waals surface area contributed by atoms with Gasteiger partial charge in [0.15, 0.2) is 5.58 Å². The van der Waals surface area contributed by atoms with Gasteiger partial charge in [0.25, 0.3) is 5.91 Å². The summed E-state index contributed by atoms with van der Waals surface area (Å²) in [6, 6.07) is 12.7. The normalized spacial score (nSPS) is 23.3. The predicted molar refractivity (Wildman–Crippen MR) is 224 cm³/mol. The smallest absolute Gasteiger partial charge is 0.261 e. The molecule has 2 amide bonds. The van der Waals surface area contributed by atoms with Crippen molar-refractivity contribution in [2.75, 3.05) is 61.8 Å². The number of nitrogens with one attached hydrogen (secondary N) is 2. The Balaban J connectivity index is 0.813. The monoisotopic (exact) mass is 775 g/mol. The third-order valence-electron chi connectivity index (χ3n) is 12.7. The minimum Gasteiger partial charge on any atom is -0.462 e. The van der Waals surface area contributed by atoms with Crippen LogP contribution in [0.1, 0.15) is 104 Å². The first-order valence-corrected chi connectivity index (χ1v) is 20.8. The molecule has 1 aromatic carbocycles. The molecule has 13 nitrogen and oxygen atoms in total. The van der Waals surface area contributed by atoms with Gasteiger partial charge in [0.05, 0.1) is 34.6 Å². The third-order valence-corrected chi connectivity index (χ3v) is 12.7. The number of amides is 2. The Bertz CT molecular complexity index is 2100. The van der Waals surface area contributed by atoms with Gasteiger partial charge in [0, 0.05) is 92.8 Å². The number of piperidine rings is 2. The van der Waals surface area contributed by atoms with Crippen LogP contribution in [0.2, 0.25) is 0 Å². The van der Waals surface area contributed by atoms with Gasteiger partial charge in [0.1, 0.15) is 17.3 Å². The molecule has 3 aromatic heterocycles. The molecule has 4 aliphatic rings. The zero-order valence-electron chi connectivity index (χ0n) is 33.5. The SMILES string of the molecule is Cc1nc(C2CCCNC2=O)ccc1N1CCC(N2CCN(C3CCC(N=Cc4cc(NC(=O)c5coc6cccnc56)c(C(C)(C)O)cc4N)CC3)CC2)CC1. The number of piperazine rings is 1. The predicted octanol–water partition coefficient (Wildman–Crippen LogP) is 5.60. The van der Waals surface area contributed by atoms with E-state index in [4.69, 9.17) is 20.1 Å². The maximum absolute atomic E-state index is 13.4. The topological polar surface area (TPSA) is 165 Å². The molecule has 0 bridgehead atoms. The Kier molecular flexibility index (Phi) is 11.3. The molecule has 3 saturated heterocycles. The summed E-state index contributed by atoms with van der Waals surface area (Å²) >= 11 is 0. The number of nitrogen functional groups attached to an aromatic ring is 1. The van der Waals surface area contributed by atoms with Crippen LogP contribution in [0.5, 0.6) is 0 Å². The first-order valence-electron chi connectivity index (χ1n) is 20.8. The number of carbonyl (C=O) groups is 2. The van der Waals surface area contributed by atoms with E-state index < -0.39 is 5.60 Å². The highest BCUT2D eigenvalue weighted by Crippen LogP contribution is 2.34. The molecule has 13 heteroatoms. The maximum atomic E-state index is 13.4. The van der Waals surface area contributed by atoms with Crippen molar-refractivity contribution in [1.29, 1.82) is 0 Å². The van der Waals surface area contributed by atoms with Gasteiger partial charge < -0.3 is 30.8 Å². The van der Waals surface area contributed by atoms with Gasteiger partial charge in [-0.05, 0) is 109 Å². The lowest BCUT2D eigenvalue weighted by molar-refractivity contribution is -0.123. The van der Waals surface area contributed by atoms with Crippen LogP contribution in [-0.4, -0.2) is 107 Å². The lowest BCUT2D eigenvalue weighted by atomic mass is 9.90. The van der Waals surface area contributed by atoms with Crippen molar-refractivity contribution in [3.05, 3.63) is 76.9 Å². The number of aromatic nitrogens is 2. The van der Waals surface area contributed by atoms with E-state index in [-0.39, 0.29) is 23.8 Å². The van der Waals surface area contributed by atoms with E-state index in [0.717, 1.165) is 109 Å². The molecular formula is C44H57N9O4. The fraction of sp³-hybridized carbons (Fsp3) is 0.523. The second-order valence-corrected chi connectivity index (χ2v) is 16.9. The number of fused-ring (bicyclic) bond motifs is 1. The minimum absolute atomic E-state index is 0.108. The first kappa shape index (κ1) is 39.0. The molecule has 302 valence electrons. The molecule has 4 fully saturated rings. The number of anilines is 3. The Morgan fingerprint density at radius 2 is 1.72 bits per heavy atom. The van der Waals surface area contributed by atoms with Crippen LogP contribution in [-0.2, 0) is 10.4 Å². The van der Waals surface area contributed by atoms with Crippen LogP contribution in [0.25, 0.3) is 11.1 Å². The van der Waals surface area contributed by atoms with E-state index in [1.807, 2.05) is 6.21 Å². The summed E-state index contributed by atoms with van der Waals surface area (Å²) in [6.45, 7) is 12.7. The number of benzene rings is 1. The van der Waals surface area contributed by atoms with E-state index >= 15 is 0 Å². The van der Waals surface area contributed by atoms with Crippen molar-refractivity contribution in [3.63, 3.8) is 0 Å². The van der Waals surface area contributed by atoms with E-state index in [2.05, 4.69) is 49.4 Å². The minimum atomic E-state index is -1.24. The second-order valence-electron chi connectivity index (χ2n) is 16.9. The van der Waals surface area contributed by atoms with Crippen LogP contribution in [0.3, 0.4) is 0 Å². The van der Waals surface area contributed by atoms with Gasteiger partial charge in [-0.3, -0.25) is 34.3 Å². The summed E-state index contributed by atoms with van der Waals surface area (Å²) in [5.41, 5.74) is 11.9. The van der Waals surface area contributed by atoms with Gasteiger partial charge in [-0.15, -0.1) is 0 Å². The van der Waals surface area contributed by atoms with Gasteiger partial charge in [-0.25, -0.2) is 0 Å². The molecule has 57 heavy (non-hydrogen) atoms. The summed E-state index contributed by atoms with van der Waals surface area (Å²) in [7, 11) is 0. The number of aliphatic hydroxyl groups is 1. The summed E-state index contributed by atoms with van der Waals surface area (Å²) in [5.74, 6) is -0.397. The molecule has 1 saturated carbocycles. The standard InChI is InChI=1S/C44H57N9O4/c1-28-39(13-12-37(49-28)33-6-4-17-47-42(33)54)53-18-14-32(15-19-53)52-22-20-51(21-23-52)31-10-8-30(9-11-31)48-26-29-24-38(35(25-36(29)45)44(2,3)56)50-43(55)34-27-57-40-7-5-16-46-41(34)40/h5,7,12-13,16,24-27,30-33,56H,4,6,8-11,14-15,17-23,45H2,1-3H3,(H,47,54)(H,50,55). The number of nitrogens with two attached hydrogens (primary N) is 1. The summed E-state index contributed by atoms with van der Waals surface area (Å²) in [5, 5.41) is 16.9. The number of carbonyl (C=O) groups excluding carboxylic acids is 2. The number of nitrogens with zero attached hydrogens (tertiary/aromatic N) is 6. The Labute approximate surface area is 335 Å². The molecule has 3 aliphatic heterocycles. The lowest BCUT2D eigenvalue weighted by Gasteiger charge is -2.46. The van der Waals surface area contributed by atoms with Crippen LogP contribution >= 0.6 is 0 Å². The third kappa shape index (κ3) is 8.56. The van der Waals surface area contributed by atoms with Crippen LogP contribution in [0.4, 0.5) is 17.1 Å². The number of pyridine rings is 2. The quantitative estimate of drug-likeness (QED) is 0.124. The number of hydrogen-bond acceptors (Lipinski definition) is 11. The van der Waals surface area contributed by atoms with Gasteiger partial charge in [0.2, 0.25) is 5.91 Å². The largest absolute Gasteiger partial charge is 0.462 e. The van der Waals surface area contributed by atoms with Crippen LogP contribution in [0.15, 0.2) is 58.3 Å². The van der Waals surface area contributed by atoms with E-state index in [1.165, 1.54) is 12.0 Å². The molecular weight excluding hydrogens is 719 g/mol. The zero-order chi connectivity index (χ0) is 39.7. The summed E-state index contributed by atoms with van der Waals surface area (Å²) in [4.78, 5) is 47.9. The second kappa shape index (κ2) is 16.6. The molecule has 1 aliphatic carbocycles. The molecule has 4 aromatic rings. The van der Waals surface area contributed by atoms with Gasteiger partial charge >= 0.3 is 0 Å². The number of rotatable bonds is 9. The fourth-order valence-corrected chi connectivity index (χ4v) is 9.42. The van der Waals surface area contributed by atoms with E-state index in [9.17, 15) is 14.7 Å². The highest BCUT2D eigenvalue weighted by molar-refractivity contribution is 6.11. The molecule has 1 atom stereocenters. The van der Waals surface area contributed by atoms with Crippen molar-refractivity contribution in [1.82, 2.24) is 25.1 Å². The van der Waals surface area contributed by atoms with Crippen LogP contribution in [0, 0.1) is 6.92 Å². The van der Waals surface area contributed by atoms with E-state index in [1.54, 1.807) is 44.3 Å². The average molecular weight is 776 g/mol. The maximum Gasteiger partial charge on any atom is 0.261 e. The average Bonchev–Trinajstić information content (AvgIpc) is 3.66. The highest BCUT2D eigenvalue weighted by atomic mass is 16.3. The number of furan rings is 1. The summed E-state index contributed by atoms with van der Waals surface area (Å²) < 4.78 is 5.54. The zero-order valence-corrected chi connectivity index (χ0v) is 33.5. The van der Waals surface area contributed by atoms with Crippen molar-refractivity contribution in [2.24, 2.45) is 4.99 Å². The number of hydrogen-bond donors (Lipinski definition) is 4. The molecule has 0 radical (unpaired) electrons. The van der Waals surface area contributed by atoms with Gasteiger partial charge in [-0.1, -0.05) is 0 Å². The van der Waals surface area contributed by atoms with Crippen molar-refractivity contribution in [3.8, 4) is 0 Å². The van der Waals surface area contributed by atoms with Crippen molar-refractivity contribution in [2.45, 2.75) is 102 Å². The van der Waals surface area contributed by atoms with Crippen molar-refractivity contribution >= 4 is 46.2 Å². The van der Waals surface area contributed by atoms with E-state index in [0.29, 0.717) is 51.2 Å². The molecule has 0 spiro atoms. The lowest BCUT2D eigenvalue weighted by Crippen LogP contribution is -2.55. The Morgan fingerprint density at radius 3 is 2.40 bits per heavy atom. The molecule has 8 rings (SSSR count). The highest BCUT2D eigenvalue weighted by Gasteiger charge is 2.33. The number of aryl methyl sites for hydroxylation is 1. The molecule has 6 heterocycles. The van der Waals surface area contributed by atoms with Crippen LogP contribution < -0.4 is 21.3 Å². The fourth-order valence-electron chi connectivity index (χ4n) is 9.42. The number of aliphatic imine (C=N–C) groups is 1. The Hall–Kier alpha value is -4.85. The van der Waals surface area contributed by atoms with Crippen molar-refractivity contribution < 1.29 is 19.1 Å².